The number of benzene rings is 1. The maximum absolute atomic E-state index is 12.9. The highest BCUT2D eigenvalue weighted by Gasteiger charge is 2.29. The van der Waals surface area contributed by atoms with Gasteiger partial charge in [0.15, 0.2) is 0 Å². The highest BCUT2D eigenvalue weighted by atomic mass is 16.2. The summed E-state index contributed by atoms with van der Waals surface area (Å²) in [6.07, 6.45) is 8.26. The number of aryl methyl sites for hydroxylation is 1. The van der Waals surface area contributed by atoms with E-state index in [0.29, 0.717) is 6.42 Å². The summed E-state index contributed by atoms with van der Waals surface area (Å²) in [5, 5.41) is 0. The van der Waals surface area contributed by atoms with Crippen molar-refractivity contribution in [2.24, 2.45) is 0 Å². The molecule has 2 aliphatic heterocycles. The highest BCUT2D eigenvalue weighted by molar-refractivity contribution is 5.79. The van der Waals surface area contributed by atoms with Gasteiger partial charge in [-0.1, -0.05) is 36.2 Å². The third kappa shape index (κ3) is 4.59. The lowest BCUT2D eigenvalue weighted by Crippen LogP contribution is -2.52. The van der Waals surface area contributed by atoms with Gasteiger partial charge in [-0.3, -0.25) is 9.69 Å². The fourth-order valence-electron chi connectivity index (χ4n) is 4.90. The van der Waals surface area contributed by atoms with Crippen molar-refractivity contribution < 1.29 is 4.79 Å². The number of carbonyl (C=O) groups is 1. The predicted molar refractivity (Wildman–Crippen MR) is 122 cm³/mol. The lowest BCUT2D eigenvalue weighted by molar-refractivity contribution is -0.130. The minimum absolute atomic E-state index is 0.206. The van der Waals surface area contributed by atoms with Gasteiger partial charge in [-0.2, -0.15) is 0 Å². The fraction of sp³-hybridized carbons (Fsp3) is 0.560. The van der Waals surface area contributed by atoms with Gasteiger partial charge in [-0.15, -0.1) is 0 Å². The number of fused-ring (bicyclic) bond motifs is 1. The molecule has 0 radical (unpaired) electrons. The Kier molecular flexibility index (Phi) is 5.90. The summed E-state index contributed by atoms with van der Waals surface area (Å²) in [6.45, 7) is 7.82. The summed E-state index contributed by atoms with van der Waals surface area (Å²) in [7, 11) is 0. The molecule has 1 amide bonds. The molecule has 3 aliphatic rings. The van der Waals surface area contributed by atoms with E-state index in [0.717, 1.165) is 75.4 Å². The molecule has 0 N–H and O–H groups in total. The lowest BCUT2D eigenvalue weighted by Gasteiger charge is -2.43. The number of aromatic nitrogens is 2. The van der Waals surface area contributed by atoms with E-state index in [2.05, 4.69) is 41.0 Å². The number of carbonyl (C=O) groups excluding carboxylic acids is 1. The number of amides is 1. The van der Waals surface area contributed by atoms with Gasteiger partial charge in [0.1, 0.15) is 0 Å². The van der Waals surface area contributed by atoms with Crippen LogP contribution >= 0.6 is 0 Å². The average molecular weight is 420 g/mol. The Morgan fingerprint density at radius 2 is 1.74 bits per heavy atom. The Hall–Kier alpha value is -2.47. The van der Waals surface area contributed by atoms with E-state index in [-0.39, 0.29) is 5.91 Å². The Balaban J connectivity index is 1.19. The predicted octanol–water partition coefficient (Wildman–Crippen LogP) is 2.63. The lowest BCUT2D eigenvalue weighted by atomic mass is 9.91. The van der Waals surface area contributed by atoms with E-state index < -0.39 is 0 Å². The van der Waals surface area contributed by atoms with E-state index in [1.807, 2.05) is 11.1 Å². The molecule has 1 aromatic heterocycles. The zero-order valence-electron chi connectivity index (χ0n) is 18.6. The third-order valence-electron chi connectivity index (χ3n) is 7.23. The number of hydrogen-bond donors (Lipinski definition) is 0. The quantitative estimate of drug-likeness (QED) is 0.763. The Labute approximate surface area is 185 Å². The molecular weight excluding hydrogens is 386 g/mol. The second-order valence-corrected chi connectivity index (χ2v) is 9.29. The van der Waals surface area contributed by atoms with Crippen LogP contribution in [0.5, 0.6) is 0 Å². The van der Waals surface area contributed by atoms with E-state index in [1.165, 1.54) is 30.4 Å². The topological polar surface area (TPSA) is 52.6 Å². The fourth-order valence-corrected chi connectivity index (χ4v) is 4.90. The van der Waals surface area contributed by atoms with Crippen LogP contribution in [0.3, 0.4) is 0 Å². The summed E-state index contributed by atoms with van der Waals surface area (Å²) in [5.41, 5.74) is 4.63. The summed E-state index contributed by atoms with van der Waals surface area (Å²) >= 11 is 0. The van der Waals surface area contributed by atoms with Gasteiger partial charge < -0.3 is 9.80 Å². The number of piperazine rings is 1. The Morgan fingerprint density at radius 3 is 2.45 bits per heavy atom. The van der Waals surface area contributed by atoms with Crippen molar-refractivity contribution >= 4 is 11.9 Å². The minimum Gasteiger partial charge on any atom is -0.342 e. The Bertz CT molecular complexity index is 916. The van der Waals surface area contributed by atoms with Crippen LogP contribution in [0.4, 0.5) is 5.95 Å². The molecule has 164 valence electrons. The van der Waals surface area contributed by atoms with Gasteiger partial charge in [0.2, 0.25) is 11.9 Å². The molecule has 1 saturated carbocycles. The molecule has 3 heterocycles. The van der Waals surface area contributed by atoms with E-state index in [9.17, 15) is 4.79 Å². The van der Waals surface area contributed by atoms with Crippen LogP contribution in [-0.4, -0.2) is 71.0 Å². The first-order valence-electron chi connectivity index (χ1n) is 11.8. The molecule has 0 spiro atoms. The van der Waals surface area contributed by atoms with Crippen molar-refractivity contribution in [2.45, 2.75) is 51.5 Å². The van der Waals surface area contributed by atoms with E-state index in [4.69, 9.17) is 9.97 Å². The highest BCUT2D eigenvalue weighted by Crippen LogP contribution is 2.26. The zero-order valence-corrected chi connectivity index (χ0v) is 18.6. The first kappa shape index (κ1) is 20.4. The van der Waals surface area contributed by atoms with E-state index >= 15 is 0 Å². The standard InChI is InChI=1S/C25H33N5O/c1-19-5-7-20(8-6-19)17-24(31)29-11-9-21-18-26-25(27-23(21)10-12-29)30-15-13-28(14-16-30)22-3-2-4-22/h5-8,18,22H,2-4,9-17H2,1H3. The van der Waals surface area contributed by atoms with Gasteiger partial charge in [-0.05, 0) is 37.3 Å². The van der Waals surface area contributed by atoms with Gasteiger partial charge >= 0.3 is 0 Å². The molecule has 5 rings (SSSR count). The molecule has 1 aromatic carbocycles. The first-order chi connectivity index (χ1) is 15.2. The molecule has 1 saturated heterocycles. The number of nitrogens with zero attached hydrogens (tertiary/aromatic N) is 5. The molecule has 0 atom stereocenters. The van der Waals surface area contributed by atoms with Crippen molar-refractivity contribution in [1.29, 1.82) is 0 Å². The first-order valence-corrected chi connectivity index (χ1v) is 11.8. The molecule has 6 heteroatoms. The summed E-state index contributed by atoms with van der Waals surface area (Å²) < 4.78 is 0. The largest absolute Gasteiger partial charge is 0.342 e. The van der Waals surface area contributed by atoms with Crippen LogP contribution in [0.15, 0.2) is 30.5 Å². The monoisotopic (exact) mass is 419 g/mol. The minimum atomic E-state index is 0.206. The van der Waals surface area contributed by atoms with Crippen LogP contribution in [-0.2, 0) is 24.1 Å². The van der Waals surface area contributed by atoms with Crippen molar-refractivity contribution in [3.8, 4) is 0 Å². The molecule has 1 aliphatic carbocycles. The van der Waals surface area contributed by atoms with Gasteiger partial charge in [-0.25, -0.2) is 9.97 Å². The van der Waals surface area contributed by atoms with Crippen molar-refractivity contribution in [1.82, 2.24) is 19.8 Å². The van der Waals surface area contributed by atoms with Gasteiger partial charge in [0, 0.05) is 57.9 Å². The molecular formula is C25H33N5O. The second kappa shape index (κ2) is 8.95. The maximum Gasteiger partial charge on any atom is 0.227 e. The summed E-state index contributed by atoms with van der Waals surface area (Å²) in [4.78, 5) is 29.5. The van der Waals surface area contributed by atoms with Crippen molar-refractivity contribution in [3.63, 3.8) is 0 Å². The summed E-state index contributed by atoms with van der Waals surface area (Å²) in [6, 6.07) is 9.08. The van der Waals surface area contributed by atoms with Crippen LogP contribution in [0.2, 0.25) is 0 Å². The number of rotatable bonds is 4. The van der Waals surface area contributed by atoms with Crippen LogP contribution in [0.1, 0.15) is 41.6 Å². The van der Waals surface area contributed by atoms with Crippen LogP contribution in [0, 0.1) is 6.92 Å². The molecule has 31 heavy (non-hydrogen) atoms. The van der Waals surface area contributed by atoms with E-state index in [1.54, 1.807) is 0 Å². The van der Waals surface area contributed by atoms with Crippen molar-refractivity contribution in [3.05, 3.63) is 52.8 Å². The molecule has 2 aromatic rings. The SMILES string of the molecule is Cc1ccc(CC(=O)N2CCc3cnc(N4CCN(C5CCC5)CC4)nc3CC2)cc1. The van der Waals surface area contributed by atoms with Crippen molar-refractivity contribution in [2.75, 3.05) is 44.2 Å². The van der Waals surface area contributed by atoms with Crippen LogP contribution in [0.25, 0.3) is 0 Å². The number of anilines is 1. The van der Waals surface area contributed by atoms with Crippen LogP contribution < -0.4 is 4.90 Å². The maximum atomic E-state index is 12.9. The smallest absolute Gasteiger partial charge is 0.227 e. The molecule has 2 fully saturated rings. The normalized spacial score (nSPS) is 20.2. The second-order valence-electron chi connectivity index (χ2n) is 9.29. The van der Waals surface area contributed by atoms with Gasteiger partial charge in [0.25, 0.3) is 0 Å². The molecule has 0 unspecified atom stereocenters. The third-order valence-corrected chi connectivity index (χ3v) is 7.23. The number of hydrogen-bond acceptors (Lipinski definition) is 5. The Morgan fingerprint density at radius 1 is 1.00 bits per heavy atom. The van der Waals surface area contributed by atoms with Gasteiger partial charge in [0.05, 0.1) is 12.1 Å². The average Bonchev–Trinajstić information content (AvgIpc) is 2.97. The zero-order chi connectivity index (χ0) is 21.2. The molecule has 6 nitrogen and oxygen atoms in total. The molecule has 0 bridgehead atoms. The summed E-state index contributed by atoms with van der Waals surface area (Å²) in [5.74, 6) is 1.07.